The number of hydrogen-bond donors (Lipinski definition) is 1. The first kappa shape index (κ1) is 16.1. The van der Waals surface area contributed by atoms with Crippen molar-refractivity contribution in [3.05, 3.63) is 65.8 Å². The predicted octanol–water partition coefficient (Wildman–Crippen LogP) is 2.17. The van der Waals surface area contributed by atoms with Gasteiger partial charge in [0, 0.05) is 18.2 Å². The lowest BCUT2D eigenvalue weighted by molar-refractivity contribution is 0.0971. The Morgan fingerprint density at radius 2 is 1.88 bits per heavy atom. The molecule has 0 amide bonds. The van der Waals surface area contributed by atoms with E-state index in [0.717, 1.165) is 22.2 Å². The molecule has 3 aromatic rings. The molecular weight excluding hydrogens is 297 g/mol. The zero-order valence-corrected chi connectivity index (χ0v) is 13.8. The van der Waals surface area contributed by atoms with E-state index in [1.165, 1.54) is 0 Å². The molecule has 24 heavy (non-hydrogen) atoms. The topological polar surface area (TPSA) is 50.8 Å². The van der Waals surface area contributed by atoms with Gasteiger partial charge in [-0.2, -0.15) is 0 Å². The number of imidazole rings is 1. The number of carbonyl (C=O) groups is 1. The zero-order valence-electron chi connectivity index (χ0n) is 13.8. The zero-order chi connectivity index (χ0) is 17.4. The maximum Gasteiger partial charge on any atom is 0.203 e. The maximum atomic E-state index is 12.6. The van der Waals surface area contributed by atoms with E-state index in [1.54, 1.807) is 33.4 Å². The fourth-order valence-electron chi connectivity index (χ4n) is 2.91. The maximum absolute atomic E-state index is 12.6. The molecule has 0 spiro atoms. The summed E-state index contributed by atoms with van der Waals surface area (Å²) in [6.45, 7) is 6.06. The predicted molar refractivity (Wildman–Crippen MR) is 97.6 cm³/mol. The van der Waals surface area contributed by atoms with Crippen LogP contribution >= 0.6 is 0 Å². The molecule has 0 aliphatic rings. The standard InChI is InChI=1S/C19H18BN3O/c1-12(2)15-5-4-6-16-18(15)22(3)19(21)23(16)11-17(24)13-7-9-14(20)10-8-13/h4-10,21H,1,11H2,2-3H3. The lowest BCUT2D eigenvalue weighted by atomic mass is 9.94. The van der Waals surface area contributed by atoms with Crippen molar-refractivity contribution in [2.45, 2.75) is 13.5 Å². The summed E-state index contributed by atoms with van der Waals surface area (Å²) in [7, 11) is 7.50. The number of nitrogens with one attached hydrogen (secondary N) is 1. The molecule has 0 aliphatic carbocycles. The summed E-state index contributed by atoms with van der Waals surface area (Å²) in [6.07, 6.45) is 0. The molecule has 1 aromatic heterocycles. The molecule has 4 nitrogen and oxygen atoms in total. The summed E-state index contributed by atoms with van der Waals surface area (Å²) in [5.74, 6) is -0.0540. The van der Waals surface area contributed by atoms with Gasteiger partial charge in [0.05, 0.1) is 17.6 Å². The van der Waals surface area contributed by atoms with Gasteiger partial charge in [0.2, 0.25) is 5.62 Å². The molecule has 0 aliphatic heterocycles. The highest BCUT2D eigenvalue weighted by atomic mass is 16.1. The van der Waals surface area contributed by atoms with Gasteiger partial charge in [0.15, 0.2) is 5.78 Å². The van der Waals surface area contributed by atoms with E-state index >= 15 is 0 Å². The van der Waals surface area contributed by atoms with Crippen molar-refractivity contribution in [1.82, 2.24) is 9.13 Å². The monoisotopic (exact) mass is 315 g/mol. The van der Waals surface area contributed by atoms with E-state index in [2.05, 4.69) is 6.58 Å². The molecule has 0 saturated heterocycles. The summed E-state index contributed by atoms with van der Waals surface area (Å²) >= 11 is 0. The third-order valence-electron chi connectivity index (χ3n) is 4.21. The van der Waals surface area contributed by atoms with Crippen LogP contribution in [0, 0.1) is 5.41 Å². The minimum absolute atomic E-state index is 0.0540. The van der Waals surface area contributed by atoms with Crippen LogP contribution in [0.25, 0.3) is 16.6 Å². The SMILES string of the molecule is [B]c1ccc(C(=O)Cn2c(=N)n(C)c3c(C(=C)C)cccc32)cc1. The number of aromatic nitrogens is 2. The second-order valence-corrected chi connectivity index (χ2v) is 5.97. The molecular formula is C19H18BN3O. The number of Topliss-reactive ketones (excluding diaryl/α,β-unsaturated/α-hetero) is 1. The molecule has 5 heteroatoms. The normalized spacial score (nSPS) is 10.9. The number of benzene rings is 2. The molecule has 2 aromatic carbocycles. The fraction of sp³-hybridized carbons (Fsp3) is 0.158. The van der Waals surface area contributed by atoms with Crippen LogP contribution in [0.3, 0.4) is 0 Å². The number of fused-ring (bicyclic) bond motifs is 1. The largest absolute Gasteiger partial charge is 0.313 e. The van der Waals surface area contributed by atoms with Gasteiger partial charge in [-0.05, 0) is 18.6 Å². The Hall–Kier alpha value is -2.82. The van der Waals surface area contributed by atoms with Gasteiger partial charge in [-0.1, -0.05) is 48.4 Å². The molecule has 3 rings (SSSR count). The quantitative estimate of drug-likeness (QED) is 0.582. The number of nitrogens with zero attached hydrogens (tertiary/aromatic N) is 2. The first-order valence-corrected chi connectivity index (χ1v) is 7.67. The Balaban J connectivity index is 2.10. The summed E-state index contributed by atoms with van der Waals surface area (Å²) in [6, 6.07) is 12.7. The molecule has 0 unspecified atom stereocenters. The van der Waals surface area contributed by atoms with Crippen LogP contribution in [0.15, 0.2) is 49.0 Å². The Kier molecular flexibility index (Phi) is 4.02. The first-order valence-electron chi connectivity index (χ1n) is 7.67. The Bertz CT molecular complexity index is 1010. The number of carbonyl (C=O) groups excluding carboxylic acids is 1. The molecule has 0 saturated carbocycles. The van der Waals surface area contributed by atoms with E-state index in [9.17, 15) is 4.79 Å². The van der Waals surface area contributed by atoms with Gasteiger partial charge in [-0.3, -0.25) is 10.2 Å². The first-order chi connectivity index (χ1) is 11.4. The number of hydrogen-bond acceptors (Lipinski definition) is 2. The summed E-state index contributed by atoms with van der Waals surface area (Å²) < 4.78 is 3.51. The van der Waals surface area contributed by atoms with E-state index in [1.807, 2.05) is 32.2 Å². The fourth-order valence-corrected chi connectivity index (χ4v) is 2.91. The van der Waals surface area contributed by atoms with Crippen LogP contribution < -0.4 is 11.1 Å². The van der Waals surface area contributed by atoms with Crippen molar-refractivity contribution in [1.29, 1.82) is 5.41 Å². The van der Waals surface area contributed by atoms with Crippen molar-refractivity contribution in [3.63, 3.8) is 0 Å². The number of ketones is 1. The van der Waals surface area contributed by atoms with Crippen LogP contribution in [-0.2, 0) is 13.6 Å². The summed E-state index contributed by atoms with van der Waals surface area (Å²) in [5, 5.41) is 8.38. The number of aryl methyl sites for hydroxylation is 1. The highest BCUT2D eigenvalue weighted by Crippen LogP contribution is 2.23. The van der Waals surface area contributed by atoms with Crippen molar-refractivity contribution in [2.75, 3.05) is 0 Å². The third-order valence-corrected chi connectivity index (χ3v) is 4.21. The van der Waals surface area contributed by atoms with E-state index in [-0.39, 0.29) is 17.9 Å². The molecule has 1 N–H and O–H groups in total. The Morgan fingerprint density at radius 1 is 1.21 bits per heavy atom. The van der Waals surface area contributed by atoms with Crippen molar-refractivity contribution in [2.24, 2.45) is 7.05 Å². The minimum atomic E-state index is -0.0540. The molecule has 0 bridgehead atoms. The lowest BCUT2D eigenvalue weighted by Crippen LogP contribution is -2.26. The Morgan fingerprint density at radius 3 is 2.50 bits per heavy atom. The van der Waals surface area contributed by atoms with Gasteiger partial charge in [0.25, 0.3) is 0 Å². The highest BCUT2D eigenvalue weighted by Gasteiger charge is 2.15. The van der Waals surface area contributed by atoms with Crippen molar-refractivity contribution < 1.29 is 4.79 Å². The van der Waals surface area contributed by atoms with E-state index in [0.29, 0.717) is 11.0 Å². The van der Waals surface area contributed by atoms with Gasteiger partial charge in [-0.15, -0.1) is 0 Å². The number of allylic oxidation sites excluding steroid dienone is 1. The second kappa shape index (κ2) is 6.00. The van der Waals surface area contributed by atoms with Crippen LogP contribution in [0.2, 0.25) is 0 Å². The molecule has 1 heterocycles. The summed E-state index contributed by atoms with van der Waals surface area (Å²) in [4.78, 5) is 12.6. The van der Waals surface area contributed by atoms with Crippen LogP contribution in [0.5, 0.6) is 0 Å². The molecule has 118 valence electrons. The van der Waals surface area contributed by atoms with E-state index in [4.69, 9.17) is 13.3 Å². The molecule has 0 atom stereocenters. The van der Waals surface area contributed by atoms with Gasteiger partial charge in [-0.25, -0.2) is 0 Å². The molecule has 2 radical (unpaired) electrons. The van der Waals surface area contributed by atoms with Crippen LogP contribution in [-0.4, -0.2) is 22.8 Å². The van der Waals surface area contributed by atoms with Crippen LogP contribution in [0.4, 0.5) is 0 Å². The molecule has 0 fully saturated rings. The van der Waals surface area contributed by atoms with Gasteiger partial charge in [0.1, 0.15) is 7.85 Å². The summed E-state index contributed by atoms with van der Waals surface area (Å²) in [5.41, 5.74) is 5.18. The van der Waals surface area contributed by atoms with Crippen molar-refractivity contribution >= 4 is 35.7 Å². The van der Waals surface area contributed by atoms with E-state index < -0.39 is 0 Å². The smallest absolute Gasteiger partial charge is 0.203 e. The minimum Gasteiger partial charge on any atom is -0.313 e. The second-order valence-electron chi connectivity index (χ2n) is 5.97. The number of rotatable bonds is 4. The van der Waals surface area contributed by atoms with Crippen LogP contribution in [0.1, 0.15) is 22.8 Å². The lowest BCUT2D eigenvalue weighted by Gasteiger charge is -2.06. The highest BCUT2D eigenvalue weighted by molar-refractivity contribution is 6.32. The Labute approximate surface area is 142 Å². The number of para-hydroxylation sites is 1. The average Bonchev–Trinajstić information content (AvgIpc) is 2.80. The van der Waals surface area contributed by atoms with Gasteiger partial charge >= 0.3 is 0 Å². The average molecular weight is 315 g/mol. The van der Waals surface area contributed by atoms with Crippen molar-refractivity contribution in [3.8, 4) is 0 Å². The van der Waals surface area contributed by atoms with Gasteiger partial charge < -0.3 is 9.13 Å². The third kappa shape index (κ3) is 2.62.